The molecule has 0 fully saturated rings. The van der Waals surface area contributed by atoms with E-state index >= 15 is 0 Å². The second kappa shape index (κ2) is 8.98. The van der Waals surface area contributed by atoms with E-state index in [1.54, 1.807) is 50.7 Å². The minimum Gasteiger partial charge on any atom is -0.497 e. The number of carbonyl (C=O) groups excluding carboxylic acids is 1. The van der Waals surface area contributed by atoms with Gasteiger partial charge >= 0.3 is 0 Å². The van der Waals surface area contributed by atoms with E-state index in [4.69, 9.17) is 14.0 Å². The molecule has 0 bridgehead atoms. The Labute approximate surface area is 163 Å². The summed E-state index contributed by atoms with van der Waals surface area (Å²) < 4.78 is 15.8. The van der Waals surface area contributed by atoms with Crippen molar-refractivity contribution in [3.63, 3.8) is 0 Å². The molecule has 1 amide bonds. The van der Waals surface area contributed by atoms with Crippen LogP contribution in [0.2, 0.25) is 0 Å². The molecule has 2 heterocycles. The fraction of sp³-hybridized carbons (Fsp3) is 0.300. The first-order chi connectivity index (χ1) is 13.6. The highest BCUT2D eigenvalue weighted by molar-refractivity contribution is 5.76. The summed E-state index contributed by atoms with van der Waals surface area (Å²) in [7, 11) is 4.94. The summed E-state index contributed by atoms with van der Waals surface area (Å²) in [6.07, 6.45) is 3.98. The van der Waals surface area contributed by atoms with Crippen LogP contribution in [0.25, 0.3) is 11.4 Å². The molecule has 28 heavy (non-hydrogen) atoms. The molecule has 0 spiro atoms. The zero-order valence-corrected chi connectivity index (χ0v) is 16.1. The fourth-order valence-electron chi connectivity index (χ4n) is 2.70. The van der Waals surface area contributed by atoms with E-state index in [0.717, 1.165) is 11.1 Å². The van der Waals surface area contributed by atoms with Crippen molar-refractivity contribution in [1.82, 2.24) is 20.0 Å². The summed E-state index contributed by atoms with van der Waals surface area (Å²) >= 11 is 0. The molecule has 8 nitrogen and oxygen atoms in total. The normalized spacial score (nSPS) is 10.5. The molecule has 8 heteroatoms. The van der Waals surface area contributed by atoms with E-state index in [1.807, 2.05) is 18.2 Å². The lowest BCUT2D eigenvalue weighted by Gasteiger charge is -2.19. The number of amides is 1. The molecule has 0 aliphatic rings. The van der Waals surface area contributed by atoms with Gasteiger partial charge in [-0.15, -0.1) is 0 Å². The standard InChI is InChI=1S/C20H22N4O4/c1-24(13-15-6-7-16(26-2)11-17(15)27-3)19(25)9-8-18-22-20(23-28-18)14-5-4-10-21-12-14/h4-7,10-12H,8-9,13H2,1-3H3. The molecule has 3 aromatic rings. The monoisotopic (exact) mass is 382 g/mol. The summed E-state index contributed by atoms with van der Waals surface area (Å²) in [5.41, 5.74) is 1.67. The van der Waals surface area contributed by atoms with Crippen molar-refractivity contribution >= 4 is 5.91 Å². The minimum atomic E-state index is -0.0287. The molecule has 2 aromatic heterocycles. The number of hydrogen-bond acceptors (Lipinski definition) is 7. The molecule has 3 rings (SSSR count). The summed E-state index contributed by atoms with van der Waals surface area (Å²) in [6, 6.07) is 9.18. The summed E-state index contributed by atoms with van der Waals surface area (Å²) in [6.45, 7) is 0.427. The van der Waals surface area contributed by atoms with Crippen molar-refractivity contribution in [2.24, 2.45) is 0 Å². The smallest absolute Gasteiger partial charge is 0.227 e. The Morgan fingerprint density at radius 1 is 1.21 bits per heavy atom. The predicted octanol–water partition coefficient (Wildman–Crippen LogP) is 2.74. The zero-order chi connectivity index (χ0) is 19.9. The minimum absolute atomic E-state index is 0.0287. The van der Waals surface area contributed by atoms with Gasteiger partial charge < -0.3 is 18.9 Å². The van der Waals surface area contributed by atoms with Crippen LogP contribution in [0.1, 0.15) is 17.9 Å². The Balaban J connectivity index is 1.57. The molecule has 0 radical (unpaired) electrons. The molecule has 1 aromatic carbocycles. The average molecular weight is 382 g/mol. The van der Waals surface area contributed by atoms with E-state index < -0.39 is 0 Å². The van der Waals surface area contributed by atoms with Gasteiger partial charge in [-0.3, -0.25) is 9.78 Å². The Bertz CT molecular complexity index is 927. The van der Waals surface area contributed by atoms with Gasteiger partial charge in [-0.25, -0.2) is 0 Å². The molecule has 0 unspecified atom stereocenters. The van der Waals surface area contributed by atoms with Crippen LogP contribution in [-0.2, 0) is 17.8 Å². The van der Waals surface area contributed by atoms with Crippen LogP contribution in [0.4, 0.5) is 0 Å². The second-order valence-corrected chi connectivity index (χ2v) is 6.18. The third-order valence-corrected chi connectivity index (χ3v) is 4.27. The van der Waals surface area contributed by atoms with Gasteiger partial charge in [0.05, 0.1) is 14.2 Å². The summed E-state index contributed by atoms with van der Waals surface area (Å²) in [5.74, 6) is 2.24. The van der Waals surface area contributed by atoms with E-state index in [-0.39, 0.29) is 12.3 Å². The molecule has 0 aliphatic carbocycles. The van der Waals surface area contributed by atoms with Crippen LogP contribution in [0, 0.1) is 0 Å². The van der Waals surface area contributed by atoms with Gasteiger partial charge in [-0.2, -0.15) is 4.98 Å². The van der Waals surface area contributed by atoms with Gasteiger partial charge in [0.25, 0.3) is 0 Å². The Kier molecular flexibility index (Phi) is 6.21. The van der Waals surface area contributed by atoms with Crippen LogP contribution in [-0.4, -0.2) is 47.2 Å². The highest BCUT2D eigenvalue weighted by Gasteiger charge is 2.15. The second-order valence-electron chi connectivity index (χ2n) is 6.18. The Morgan fingerprint density at radius 3 is 2.79 bits per heavy atom. The molecule has 0 saturated carbocycles. The SMILES string of the molecule is COc1ccc(CN(C)C(=O)CCc2nc(-c3cccnc3)no2)c(OC)c1. The molecule has 0 atom stereocenters. The highest BCUT2D eigenvalue weighted by atomic mass is 16.5. The van der Waals surface area contributed by atoms with Crippen LogP contribution in [0.3, 0.4) is 0 Å². The third kappa shape index (κ3) is 4.64. The maximum absolute atomic E-state index is 12.5. The van der Waals surface area contributed by atoms with Gasteiger partial charge in [0.1, 0.15) is 11.5 Å². The maximum atomic E-state index is 12.5. The lowest BCUT2D eigenvalue weighted by molar-refractivity contribution is -0.130. The van der Waals surface area contributed by atoms with Crippen molar-refractivity contribution in [3.05, 3.63) is 54.2 Å². The number of ether oxygens (including phenoxy) is 2. The lowest BCUT2D eigenvalue weighted by atomic mass is 10.1. The van der Waals surface area contributed by atoms with E-state index in [1.165, 1.54) is 0 Å². The van der Waals surface area contributed by atoms with E-state index in [2.05, 4.69) is 15.1 Å². The Morgan fingerprint density at radius 2 is 2.07 bits per heavy atom. The number of carbonyl (C=O) groups is 1. The fourth-order valence-corrected chi connectivity index (χ4v) is 2.70. The van der Waals surface area contributed by atoms with E-state index in [9.17, 15) is 4.79 Å². The van der Waals surface area contributed by atoms with Crippen molar-refractivity contribution in [3.8, 4) is 22.9 Å². The van der Waals surface area contributed by atoms with Crippen molar-refractivity contribution in [2.75, 3.05) is 21.3 Å². The first-order valence-corrected chi connectivity index (χ1v) is 8.78. The van der Waals surface area contributed by atoms with Gasteiger partial charge in [0.2, 0.25) is 17.6 Å². The quantitative estimate of drug-likeness (QED) is 0.591. The number of hydrogen-bond donors (Lipinski definition) is 0. The first kappa shape index (κ1) is 19.3. The maximum Gasteiger partial charge on any atom is 0.227 e. The van der Waals surface area contributed by atoms with Crippen LogP contribution in [0.5, 0.6) is 11.5 Å². The topological polar surface area (TPSA) is 90.6 Å². The van der Waals surface area contributed by atoms with Crippen LogP contribution >= 0.6 is 0 Å². The highest BCUT2D eigenvalue weighted by Crippen LogP contribution is 2.25. The van der Waals surface area contributed by atoms with Crippen LogP contribution < -0.4 is 9.47 Å². The number of aromatic nitrogens is 3. The van der Waals surface area contributed by atoms with Gasteiger partial charge in [-0.1, -0.05) is 5.16 Å². The lowest BCUT2D eigenvalue weighted by Crippen LogP contribution is -2.26. The van der Waals surface area contributed by atoms with Gasteiger partial charge in [0.15, 0.2) is 0 Å². The predicted molar refractivity (Wildman–Crippen MR) is 102 cm³/mol. The molecular formula is C20H22N4O4. The first-order valence-electron chi connectivity index (χ1n) is 8.78. The number of nitrogens with zero attached hydrogens (tertiary/aromatic N) is 4. The number of rotatable bonds is 8. The summed E-state index contributed by atoms with van der Waals surface area (Å²) in [4.78, 5) is 22.5. The zero-order valence-electron chi connectivity index (χ0n) is 16.1. The summed E-state index contributed by atoms with van der Waals surface area (Å²) in [5, 5.41) is 3.94. The average Bonchev–Trinajstić information content (AvgIpc) is 3.22. The number of pyridine rings is 1. The van der Waals surface area contributed by atoms with Gasteiger partial charge in [0, 0.05) is 56.0 Å². The van der Waals surface area contributed by atoms with E-state index in [0.29, 0.717) is 36.2 Å². The number of benzene rings is 1. The molecule has 0 saturated heterocycles. The Hall–Kier alpha value is -3.42. The molecule has 0 N–H and O–H groups in total. The number of methoxy groups -OCH3 is 2. The van der Waals surface area contributed by atoms with Crippen molar-refractivity contribution in [2.45, 2.75) is 19.4 Å². The molecule has 146 valence electrons. The van der Waals surface area contributed by atoms with Gasteiger partial charge in [-0.05, 0) is 24.3 Å². The molecular weight excluding hydrogens is 360 g/mol. The van der Waals surface area contributed by atoms with Crippen molar-refractivity contribution < 1.29 is 18.8 Å². The third-order valence-electron chi connectivity index (χ3n) is 4.27. The van der Waals surface area contributed by atoms with Crippen molar-refractivity contribution in [1.29, 1.82) is 0 Å². The molecule has 0 aliphatic heterocycles. The number of aryl methyl sites for hydroxylation is 1. The largest absolute Gasteiger partial charge is 0.497 e. The van der Waals surface area contributed by atoms with Crippen LogP contribution in [0.15, 0.2) is 47.2 Å².